The number of nitriles is 1. The third kappa shape index (κ3) is 3.55. The lowest BCUT2D eigenvalue weighted by Crippen LogP contribution is -2.04. The molecule has 8 bridgehead atoms. The van der Waals surface area contributed by atoms with E-state index in [4.69, 9.17) is 16.5 Å². The summed E-state index contributed by atoms with van der Waals surface area (Å²) in [5.41, 5.74) is 11.1. The van der Waals surface area contributed by atoms with Crippen molar-refractivity contribution in [2.75, 3.05) is 0 Å². The van der Waals surface area contributed by atoms with Crippen molar-refractivity contribution in [1.29, 1.82) is 5.26 Å². The summed E-state index contributed by atoms with van der Waals surface area (Å²) in [7, 11) is 0. The molecule has 8 nitrogen and oxygen atoms in total. The van der Waals surface area contributed by atoms with Gasteiger partial charge < -0.3 is 14.8 Å². The Labute approximate surface area is 266 Å². The monoisotopic (exact) mass is 600 g/mol. The molecule has 1 unspecified atom stereocenters. The maximum Gasteiger partial charge on any atom is 0.307 e. The largest absolute Gasteiger partial charge is 0.358 e. The van der Waals surface area contributed by atoms with E-state index in [1.807, 2.05) is 36.4 Å². The summed E-state index contributed by atoms with van der Waals surface area (Å²) < 4.78 is 0. The Kier molecular flexibility index (Phi) is 5.03. The number of para-hydroxylation sites is 2. The predicted octanol–water partition coefficient (Wildman–Crippen LogP) is 8.94. The Morgan fingerprint density at radius 2 is 1.17 bits per heavy atom. The molecule has 2 N–H and O–H groups in total. The van der Waals surface area contributed by atoms with Crippen LogP contribution in [0.4, 0.5) is 5.82 Å². The van der Waals surface area contributed by atoms with Crippen molar-refractivity contribution in [3.8, 4) is 28.6 Å². The molecular formula is C39H20N8. The molecule has 47 heavy (non-hydrogen) atoms. The molecule has 0 saturated carbocycles. The zero-order valence-corrected chi connectivity index (χ0v) is 24.6. The molecule has 4 aromatic carbocycles. The average Bonchev–Trinajstić information content (AvgIpc) is 3.75. The summed E-state index contributed by atoms with van der Waals surface area (Å²) in [6, 6.07) is 37.5. The smallest absolute Gasteiger partial charge is 0.307 e. The zero-order chi connectivity index (χ0) is 31.2. The number of aromatic nitrogens is 6. The van der Waals surface area contributed by atoms with Crippen LogP contribution >= 0.6 is 0 Å². The van der Waals surface area contributed by atoms with Crippen LogP contribution in [0.25, 0.3) is 82.0 Å². The Morgan fingerprint density at radius 1 is 0.617 bits per heavy atom. The van der Waals surface area contributed by atoms with Crippen LogP contribution in [0.15, 0.2) is 103 Å². The van der Waals surface area contributed by atoms with Crippen LogP contribution in [0.2, 0.25) is 0 Å². The minimum atomic E-state index is -0.0710. The first-order chi connectivity index (χ1) is 23.2. The van der Waals surface area contributed by atoms with Crippen molar-refractivity contribution in [1.82, 2.24) is 29.9 Å². The minimum Gasteiger partial charge on any atom is -0.358 e. The second-order valence-electron chi connectivity index (χ2n) is 11.8. The maximum absolute atomic E-state index is 9.79. The van der Waals surface area contributed by atoms with Crippen molar-refractivity contribution in [3.63, 3.8) is 0 Å². The van der Waals surface area contributed by atoms with E-state index in [0.717, 1.165) is 66.5 Å². The van der Waals surface area contributed by atoms with Gasteiger partial charge in [-0.05, 0) is 42.0 Å². The predicted molar refractivity (Wildman–Crippen MR) is 183 cm³/mol. The number of aromatic amines is 2. The Morgan fingerprint density at radius 3 is 1.72 bits per heavy atom. The normalized spacial score (nSPS) is 13.7. The number of nitrogens with one attached hydrogen (secondary N) is 2. The fourth-order valence-corrected chi connectivity index (χ4v) is 7.18. The van der Waals surface area contributed by atoms with Crippen LogP contribution in [0.3, 0.4) is 0 Å². The second-order valence-corrected chi connectivity index (χ2v) is 11.8. The second kappa shape index (κ2) is 9.31. The molecule has 0 saturated heterocycles. The van der Waals surface area contributed by atoms with Crippen molar-refractivity contribution < 1.29 is 0 Å². The van der Waals surface area contributed by atoms with Crippen LogP contribution in [0.5, 0.6) is 0 Å². The molecule has 1 atom stereocenters. The molecule has 1 aliphatic heterocycles. The molecule has 6 heterocycles. The van der Waals surface area contributed by atoms with Gasteiger partial charge in [-0.2, -0.15) is 5.26 Å². The van der Waals surface area contributed by atoms with Crippen LogP contribution in [-0.4, -0.2) is 29.9 Å². The zero-order valence-electron chi connectivity index (χ0n) is 24.6. The van der Waals surface area contributed by atoms with E-state index in [1.165, 1.54) is 5.56 Å². The highest BCUT2D eigenvalue weighted by Crippen LogP contribution is 2.41. The number of rotatable bonds is 1. The average molecular weight is 601 g/mol. The van der Waals surface area contributed by atoms with E-state index in [1.54, 1.807) is 0 Å². The van der Waals surface area contributed by atoms with Crippen molar-refractivity contribution in [2.24, 2.45) is 0 Å². The standard InChI is InChI=1S/C39H20N8/c1-41-39-31(19-40)46-37-25-13-15-27-23-11-5-9-21-17-29(44-33(21)23)32(20-7-3-2-4-8-20)30-18-22-10-6-12-24(34(22)45-30)28-16-14-26(38(37)47-39)36(43-28)35(25)42-27/h2-18,32,44-45H. The molecule has 0 radical (unpaired) electrons. The van der Waals surface area contributed by atoms with E-state index in [9.17, 15) is 5.26 Å². The lowest BCUT2D eigenvalue weighted by atomic mass is 9.92. The van der Waals surface area contributed by atoms with Crippen LogP contribution in [0, 0.1) is 17.9 Å². The highest BCUT2D eigenvalue weighted by atomic mass is 14.9. The molecule has 216 valence electrons. The summed E-state index contributed by atoms with van der Waals surface area (Å²) in [5.74, 6) is -0.100. The van der Waals surface area contributed by atoms with Gasteiger partial charge in [-0.25, -0.2) is 15.0 Å². The molecule has 5 aromatic heterocycles. The molecule has 0 aliphatic carbocycles. The number of benzene rings is 4. The van der Waals surface area contributed by atoms with Gasteiger partial charge in [0.1, 0.15) is 17.1 Å². The minimum absolute atomic E-state index is 0.00826. The maximum atomic E-state index is 9.79. The third-order valence-electron chi connectivity index (χ3n) is 9.28. The van der Waals surface area contributed by atoms with Gasteiger partial charge in [0.25, 0.3) is 0 Å². The van der Waals surface area contributed by atoms with E-state index >= 15 is 0 Å². The summed E-state index contributed by atoms with van der Waals surface area (Å²) in [6.07, 6.45) is 0. The van der Waals surface area contributed by atoms with E-state index in [-0.39, 0.29) is 17.4 Å². The van der Waals surface area contributed by atoms with E-state index < -0.39 is 0 Å². The van der Waals surface area contributed by atoms with Gasteiger partial charge in [0, 0.05) is 38.7 Å². The molecule has 10 rings (SSSR count). The van der Waals surface area contributed by atoms with Crippen LogP contribution in [0.1, 0.15) is 28.6 Å². The molecule has 0 fully saturated rings. The fourth-order valence-electron chi connectivity index (χ4n) is 7.18. The number of nitrogens with zero attached hydrogens (tertiary/aromatic N) is 6. The quantitative estimate of drug-likeness (QED) is 0.144. The number of H-pyrrole nitrogens is 2. The first kappa shape index (κ1) is 25.4. The van der Waals surface area contributed by atoms with Crippen molar-refractivity contribution >= 4 is 60.5 Å². The van der Waals surface area contributed by atoms with Gasteiger partial charge >= 0.3 is 5.82 Å². The molecular weight excluding hydrogens is 580 g/mol. The molecule has 8 heteroatoms. The Balaban J connectivity index is 1.40. The van der Waals surface area contributed by atoms with Crippen molar-refractivity contribution in [2.45, 2.75) is 5.92 Å². The van der Waals surface area contributed by atoms with Gasteiger partial charge in [-0.15, -0.1) is 4.98 Å². The molecule has 0 spiro atoms. The lowest BCUT2D eigenvalue weighted by molar-refractivity contribution is 0.907. The van der Waals surface area contributed by atoms with Gasteiger partial charge in [-0.1, -0.05) is 73.3 Å². The number of hydrogen-bond donors (Lipinski definition) is 2. The van der Waals surface area contributed by atoms with E-state index in [2.05, 4.69) is 97.6 Å². The summed E-state index contributed by atoms with van der Waals surface area (Å²) in [6.45, 7) is 7.65. The topological polar surface area (TPSA) is 111 Å². The highest BCUT2D eigenvalue weighted by molar-refractivity contribution is 6.21. The summed E-state index contributed by atoms with van der Waals surface area (Å²) >= 11 is 0. The molecule has 0 amide bonds. The summed E-state index contributed by atoms with van der Waals surface area (Å²) in [5, 5.41) is 13.4. The van der Waals surface area contributed by atoms with Gasteiger partial charge in [0.2, 0.25) is 0 Å². The SMILES string of the molecule is [C-]#[N+]c1nc2c3ccc4nc3c3nc(ccc3c2nc1C#N)-c1cccc2cc([nH]c12)C(c1ccccc1)c1cc2cccc-4c2[nH]1. The first-order valence-corrected chi connectivity index (χ1v) is 15.2. The van der Waals surface area contributed by atoms with Crippen LogP contribution < -0.4 is 0 Å². The fraction of sp³-hybridized carbons (Fsp3) is 0.0256. The number of pyridine rings is 2. The van der Waals surface area contributed by atoms with Crippen molar-refractivity contribution in [3.05, 3.63) is 137 Å². The van der Waals surface area contributed by atoms with Gasteiger partial charge in [0.15, 0.2) is 11.2 Å². The number of hydrogen-bond acceptors (Lipinski definition) is 5. The highest BCUT2D eigenvalue weighted by Gasteiger charge is 2.25. The molecule has 9 aromatic rings. The Bertz CT molecular complexity index is 2710. The summed E-state index contributed by atoms with van der Waals surface area (Å²) in [4.78, 5) is 30.9. The Hall–Kier alpha value is -6.90. The lowest BCUT2D eigenvalue weighted by Gasteiger charge is -2.15. The van der Waals surface area contributed by atoms with Gasteiger partial charge in [-0.3, -0.25) is 0 Å². The third-order valence-corrected chi connectivity index (χ3v) is 9.28. The van der Waals surface area contributed by atoms with Gasteiger partial charge in [0.05, 0.1) is 39.2 Å². The number of fused-ring (bicyclic) bond motifs is 9. The first-order valence-electron chi connectivity index (χ1n) is 15.2. The van der Waals surface area contributed by atoms with Crippen LogP contribution in [-0.2, 0) is 0 Å². The molecule has 1 aliphatic rings. The van der Waals surface area contributed by atoms with E-state index in [0.29, 0.717) is 22.1 Å².